The van der Waals surface area contributed by atoms with E-state index in [1.165, 1.54) is 0 Å². The van der Waals surface area contributed by atoms with Crippen LogP contribution < -0.4 is 4.90 Å². The third-order valence-corrected chi connectivity index (χ3v) is 3.35. The zero-order valence-electron chi connectivity index (χ0n) is 11.0. The molecule has 5 nitrogen and oxygen atoms in total. The van der Waals surface area contributed by atoms with E-state index in [4.69, 9.17) is 4.74 Å². The molecule has 0 amide bonds. The number of aliphatic hydroxyl groups excluding tert-OH is 1. The first-order chi connectivity index (χ1) is 8.04. The molecule has 2 rings (SSSR count). The Bertz CT molecular complexity index is 403. The molecule has 1 aliphatic heterocycles. The van der Waals surface area contributed by atoms with Crippen molar-refractivity contribution in [3.8, 4) is 0 Å². The molecule has 0 saturated carbocycles. The largest absolute Gasteiger partial charge is 0.391 e. The van der Waals surface area contributed by atoms with Gasteiger partial charge in [0.15, 0.2) is 0 Å². The quantitative estimate of drug-likeness (QED) is 0.830. The minimum Gasteiger partial charge on any atom is -0.391 e. The van der Waals surface area contributed by atoms with E-state index >= 15 is 0 Å². The number of aryl methyl sites for hydroxylation is 2. The van der Waals surface area contributed by atoms with Crippen LogP contribution in [0.1, 0.15) is 25.1 Å². The van der Waals surface area contributed by atoms with E-state index in [9.17, 15) is 5.11 Å². The minimum atomic E-state index is 0.0352. The minimum absolute atomic E-state index is 0.0352. The first-order valence-corrected chi connectivity index (χ1v) is 6.06. The zero-order valence-corrected chi connectivity index (χ0v) is 11.0. The average Bonchev–Trinajstić information content (AvgIpc) is 2.56. The monoisotopic (exact) mass is 239 g/mol. The maximum Gasteiger partial charge on any atom is 0.132 e. The summed E-state index contributed by atoms with van der Waals surface area (Å²) in [4.78, 5) is 2.28. The molecule has 0 radical (unpaired) electrons. The fraction of sp³-hybridized carbons (Fsp3) is 0.750. The Morgan fingerprint density at radius 1 is 1.47 bits per heavy atom. The Morgan fingerprint density at radius 3 is 2.82 bits per heavy atom. The van der Waals surface area contributed by atoms with Gasteiger partial charge in [0.05, 0.1) is 31.1 Å². The molecule has 0 aliphatic carbocycles. The number of aromatic nitrogens is 2. The number of ether oxygens (including phenoxy) is 1. The van der Waals surface area contributed by atoms with Crippen LogP contribution >= 0.6 is 0 Å². The van der Waals surface area contributed by atoms with Crippen LogP contribution in [0.15, 0.2) is 0 Å². The van der Waals surface area contributed by atoms with Crippen LogP contribution in [-0.2, 0) is 18.4 Å². The lowest BCUT2D eigenvalue weighted by molar-refractivity contribution is 0.0336. The van der Waals surface area contributed by atoms with Gasteiger partial charge in [0.1, 0.15) is 5.82 Å². The van der Waals surface area contributed by atoms with Gasteiger partial charge in [-0.3, -0.25) is 4.68 Å². The highest BCUT2D eigenvalue weighted by Crippen LogP contribution is 2.27. The summed E-state index contributed by atoms with van der Waals surface area (Å²) < 4.78 is 7.48. The summed E-state index contributed by atoms with van der Waals surface area (Å²) >= 11 is 0. The highest BCUT2D eigenvalue weighted by atomic mass is 16.5. The van der Waals surface area contributed by atoms with Crippen molar-refractivity contribution in [2.75, 3.05) is 18.1 Å². The van der Waals surface area contributed by atoms with Crippen LogP contribution in [0.25, 0.3) is 0 Å². The van der Waals surface area contributed by atoms with Gasteiger partial charge in [-0.25, -0.2) is 0 Å². The molecular formula is C12H21N3O2. The van der Waals surface area contributed by atoms with Crippen molar-refractivity contribution in [2.45, 2.75) is 39.5 Å². The van der Waals surface area contributed by atoms with Crippen LogP contribution in [0.3, 0.4) is 0 Å². The lowest BCUT2D eigenvalue weighted by Crippen LogP contribution is -2.48. The zero-order chi connectivity index (χ0) is 12.6. The fourth-order valence-electron chi connectivity index (χ4n) is 2.43. The molecule has 2 atom stereocenters. The van der Waals surface area contributed by atoms with E-state index in [0.717, 1.165) is 30.2 Å². The van der Waals surface area contributed by atoms with Gasteiger partial charge in [0.25, 0.3) is 0 Å². The summed E-state index contributed by atoms with van der Waals surface area (Å²) in [5.74, 6) is 1.02. The fourth-order valence-corrected chi connectivity index (χ4v) is 2.43. The molecule has 0 spiro atoms. The highest BCUT2D eigenvalue weighted by molar-refractivity contribution is 5.51. The number of rotatable bonds is 2. The molecule has 17 heavy (non-hydrogen) atoms. The summed E-state index contributed by atoms with van der Waals surface area (Å²) in [6, 6.07) is 0.311. The molecular weight excluding hydrogens is 218 g/mol. The van der Waals surface area contributed by atoms with Crippen molar-refractivity contribution < 1.29 is 9.84 Å². The first kappa shape index (κ1) is 12.4. The summed E-state index contributed by atoms with van der Waals surface area (Å²) in [6.45, 7) is 7.73. The Kier molecular flexibility index (Phi) is 3.40. The van der Waals surface area contributed by atoms with Crippen molar-refractivity contribution in [3.05, 3.63) is 11.3 Å². The predicted molar refractivity (Wildman–Crippen MR) is 66.1 cm³/mol. The third-order valence-electron chi connectivity index (χ3n) is 3.35. The average molecular weight is 239 g/mol. The van der Waals surface area contributed by atoms with E-state index < -0.39 is 0 Å². The van der Waals surface area contributed by atoms with Gasteiger partial charge in [0.2, 0.25) is 0 Å². The van der Waals surface area contributed by atoms with Gasteiger partial charge < -0.3 is 14.7 Å². The van der Waals surface area contributed by atoms with Gasteiger partial charge in [-0.15, -0.1) is 0 Å². The Labute approximate surface area is 102 Å². The molecule has 1 aromatic rings. The second-order valence-electron chi connectivity index (χ2n) is 4.81. The van der Waals surface area contributed by atoms with Crippen LogP contribution in [0.5, 0.6) is 0 Å². The number of hydrogen-bond donors (Lipinski definition) is 1. The van der Waals surface area contributed by atoms with Gasteiger partial charge in [-0.2, -0.15) is 5.10 Å². The van der Waals surface area contributed by atoms with Gasteiger partial charge >= 0.3 is 0 Å². The van der Waals surface area contributed by atoms with Gasteiger partial charge in [-0.1, -0.05) is 0 Å². The Hall–Kier alpha value is -1.07. The summed E-state index contributed by atoms with van der Waals surface area (Å²) in [7, 11) is 1.92. The summed E-state index contributed by atoms with van der Waals surface area (Å²) in [5, 5.41) is 13.9. The molecule has 1 N–H and O–H groups in total. The topological polar surface area (TPSA) is 50.5 Å². The molecule has 0 bridgehead atoms. The van der Waals surface area contributed by atoms with Crippen LogP contribution in [0.4, 0.5) is 5.82 Å². The molecule has 2 unspecified atom stereocenters. The smallest absolute Gasteiger partial charge is 0.132 e. The van der Waals surface area contributed by atoms with Crippen molar-refractivity contribution >= 4 is 5.82 Å². The van der Waals surface area contributed by atoms with Crippen molar-refractivity contribution in [1.29, 1.82) is 0 Å². The van der Waals surface area contributed by atoms with E-state index in [0.29, 0.717) is 6.04 Å². The van der Waals surface area contributed by atoms with Crippen molar-refractivity contribution in [3.63, 3.8) is 0 Å². The number of anilines is 1. The number of morpholine rings is 1. The normalized spacial score (nSPS) is 25.4. The van der Waals surface area contributed by atoms with E-state index in [1.54, 1.807) is 0 Å². The lowest BCUT2D eigenvalue weighted by Gasteiger charge is -2.38. The molecule has 1 saturated heterocycles. The van der Waals surface area contributed by atoms with Crippen molar-refractivity contribution in [1.82, 2.24) is 9.78 Å². The highest BCUT2D eigenvalue weighted by Gasteiger charge is 2.28. The van der Waals surface area contributed by atoms with E-state index in [2.05, 4.69) is 23.8 Å². The van der Waals surface area contributed by atoms with Crippen LogP contribution in [0, 0.1) is 6.92 Å². The predicted octanol–water partition coefficient (Wildman–Crippen LogP) is 0.834. The first-order valence-electron chi connectivity index (χ1n) is 6.06. The number of aliphatic hydroxyl groups is 1. The summed E-state index contributed by atoms with van der Waals surface area (Å²) in [6.07, 6.45) is 0.216. The van der Waals surface area contributed by atoms with Crippen molar-refractivity contribution in [2.24, 2.45) is 7.05 Å². The standard InChI is InChI=1S/C12H21N3O2/c1-8-7-17-9(2)5-15(8)12-11(6-16)10(3)13-14(12)4/h8-9,16H,5-7H2,1-4H3. The molecule has 1 aliphatic rings. The second-order valence-corrected chi connectivity index (χ2v) is 4.81. The maximum absolute atomic E-state index is 9.48. The lowest BCUT2D eigenvalue weighted by atomic mass is 10.1. The maximum atomic E-state index is 9.48. The third kappa shape index (κ3) is 2.17. The summed E-state index contributed by atoms with van der Waals surface area (Å²) in [5.41, 5.74) is 1.82. The molecule has 0 aromatic carbocycles. The molecule has 1 aromatic heterocycles. The van der Waals surface area contributed by atoms with Gasteiger partial charge in [-0.05, 0) is 20.8 Å². The van der Waals surface area contributed by atoms with E-state index in [1.807, 2.05) is 18.7 Å². The van der Waals surface area contributed by atoms with Crippen LogP contribution in [-0.4, -0.2) is 40.2 Å². The second kappa shape index (κ2) is 4.66. The van der Waals surface area contributed by atoms with Gasteiger partial charge in [0, 0.05) is 19.2 Å². The van der Waals surface area contributed by atoms with E-state index in [-0.39, 0.29) is 12.7 Å². The van der Waals surface area contributed by atoms with Crippen LogP contribution in [0.2, 0.25) is 0 Å². The SMILES string of the molecule is Cc1nn(C)c(N2CC(C)OCC2C)c1CO. The molecule has 2 heterocycles. The Morgan fingerprint density at radius 2 is 2.18 bits per heavy atom. The number of hydrogen-bond acceptors (Lipinski definition) is 4. The molecule has 5 heteroatoms. The molecule has 96 valence electrons. The number of nitrogens with zero attached hydrogens (tertiary/aromatic N) is 3. The Balaban J connectivity index is 2.37. The molecule has 1 fully saturated rings.